The molecule has 0 radical (unpaired) electrons. The van der Waals surface area contributed by atoms with Gasteiger partial charge in [0.1, 0.15) is 0 Å². The summed E-state index contributed by atoms with van der Waals surface area (Å²) in [5.41, 5.74) is 4.91. The third-order valence-electron chi connectivity index (χ3n) is 3.98. The Balaban J connectivity index is 0.00000242. The minimum atomic E-state index is -4.44. The summed E-state index contributed by atoms with van der Waals surface area (Å²) in [5, 5.41) is 2.83. The molecule has 3 nitrogen and oxygen atoms in total. The van der Waals surface area contributed by atoms with Gasteiger partial charge in [-0.3, -0.25) is 4.79 Å². The van der Waals surface area contributed by atoms with E-state index in [1.54, 1.807) is 0 Å². The molecule has 0 aliphatic heterocycles. The lowest BCUT2D eigenvalue weighted by molar-refractivity contribution is -0.137. The van der Waals surface area contributed by atoms with Gasteiger partial charge in [0.15, 0.2) is 0 Å². The van der Waals surface area contributed by atoms with Gasteiger partial charge in [-0.1, -0.05) is 18.9 Å². The second-order valence-corrected chi connectivity index (χ2v) is 5.44. The zero-order chi connectivity index (χ0) is 15.5. The summed E-state index contributed by atoms with van der Waals surface area (Å²) in [5.74, 6) is -0.264. The van der Waals surface area contributed by atoms with Gasteiger partial charge in [-0.05, 0) is 43.5 Å². The lowest BCUT2D eigenvalue weighted by Crippen LogP contribution is -2.44. The number of hydrogen-bond acceptors (Lipinski definition) is 2. The third kappa shape index (κ3) is 4.61. The van der Waals surface area contributed by atoms with Crippen molar-refractivity contribution >= 4 is 18.3 Å². The van der Waals surface area contributed by atoms with Crippen molar-refractivity contribution in [2.45, 2.75) is 37.9 Å². The molecule has 1 aliphatic carbocycles. The van der Waals surface area contributed by atoms with Crippen molar-refractivity contribution < 1.29 is 18.0 Å². The van der Waals surface area contributed by atoms with Gasteiger partial charge in [0.05, 0.1) is 5.56 Å². The highest BCUT2D eigenvalue weighted by molar-refractivity contribution is 5.94. The van der Waals surface area contributed by atoms with Gasteiger partial charge in [-0.25, -0.2) is 0 Å². The predicted molar refractivity (Wildman–Crippen MR) is 81.0 cm³/mol. The Hall–Kier alpha value is -1.27. The van der Waals surface area contributed by atoms with Crippen LogP contribution in [0.15, 0.2) is 24.3 Å². The molecule has 124 valence electrons. The van der Waals surface area contributed by atoms with Gasteiger partial charge >= 0.3 is 6.18 Å². The minimum absolute atomic E-state index is 0. The summed E-state index contributed by atoms with van der Waals surface area (Å²) >= 11 is 0. The SMILES string of the molecule is Cl.NCC1CCCCC1NC(=O)c1cccc(C(F)(F)F)c1. The fourth-order valence-corrected chi connectivity index (χ4v) is 2.77. The third-order valence-corrected chi connectivity index (χ3v) is 3.98. The monoisotopic (exact) mass is 336 g/mol. The van der Waals surface area contributed by atoms with E-state index >= 15 is 0 Å². The summed E-state index contributed by atoms with van der Waals surface area (Å²) in [7, 11) is 0. The molecule has 0 aromatic heterocycles. The van der Waals surface area contributed by atoms with Crippen molar-refractivity contribution in [3.63, 3.8) is 0 Å². The second-order valence-electron chi connectivity index (χ2n) is 5.44. The van der Waals surface area contributed by atoms with Crippen LogP contribution in [0.1, 0.15) is 41.6 Å². The first-order valence-corrected chi connectivity index (χ1v) is 7.10. The van der Waals surface area contributed by atoms with Crippen LogP contribution in [0.4, 0.5) is 13.2 Å². The molecule has 7 heteroatoms. The van der Waals surface area contributed by atoms with Crippen LogP contribution in [0.5, 0.6) is 0 Å². The lowest BCUT2D eigenvalue weighted by Gasteiger charge is -2.31. The Morgan fingerprint density at radius 3 is 2.59 bits per heavy atom. The molecule has 2 unspecified atom stereocenters. The zero-order valence-electron chi connectivity index (χ0n) is 12.0. The molecule has 1 saturated carbocycles. The first-order valence-electron chi connectivity index (χ1n) is 7.10. The van der Waals surface area contributed by atoms with E-state index in [0.717, 1.165) is 37.8 Å². The van der Waals surface area contributed by atoms with E-state index in [2.05, 4.69) is 5.32 Å². The number of hydrogen-bond donors (Lipinski definition) is 2. The number of benzene rings is 1. The summed E-state index contributed by atoms with van der Waals surface area (Å²) in [6.07, 6.45) is -0.584. The molecule has 3 N–H and O–H groups in total. The van der Waals surface area contributed by atoms with Crippen LogP contribution in [0.25, 0.3) is 0 Å². The van der Waals surface area contributed by atoms with Crippen LogP contribution in [0.3, 0.4) is 0 Å². The van der Waals surface area contributed by atoms with Crippen LogP contribution < -0.4 is 11.1 Å². The van der Waals surface area contributed by atoms with Crippen molar-refractivity contribution in [2.24, 2.45) is 11.7 Å². The van der Waals surface area contributed by atoms with E-state index in [-0.39, 0.29) is 29.9 Å². The molecule has 1 aromatic rings. The number of halogens is 4. The summed E-state index contributed by atoms with van der Waals surface area (Å²) in [4.78, 5) is 12.1. The Bertz CT molecular complexity index is 508. The largest absolute Gasteiger partial charge is 0.416 e. The molecule has 1 amide bonds. The summed E-state index contributed by atoms with van der Waals surface area (Å²) in [6, 6.07) is 4.44. The molecule has 0 spiro atoms. The molecule has 0 saturated heterocycles. The van der Waals surface area contributed by atoms with E-state index in [4.69, 9.17) is 5.73 Å². The Kier molecular flexibility index (Phi) is 6.68. The van der Waals surface area contributed by atoms with E-state index < -0.39 is 17.6 Å². The quantitative estimate of drug-likeness (QED) is 0.889. The maximum absolute atomic E-state index is 12.7. The fraction of sp³-hybridized carbons (Fsp3) is 0.533. The van der Waals surface area contributed by atoms with Crippen LogP contribution >= 0.6 is 12.4 Å². The average molecular weight is 337 g/mol. The van der Waals surface area contributed by atoms with Crippen LogP contribution in [-0.2, 0) is 6.18 Å². The molecule has 1 aromatic carbocycles. The number of alkyl halides is 3. The van der Waals surface area contributed by atoms with Crippen LogP contribution in [-0.4, -0.2) is 18.5 Å². The van der Waals surface area contributed by atoms with Crippen molar-refractivity contribution in [1.29, 1.82) is 0 Å². The maximum Gasteiger partial charge on any atom is 0.416 e. The van der Waals surface area contributed by atoms with Crippen molar-refractivity contribution in [3.05, 3.63) is 35.4 Å². The molecule has 1 fully saturated rings. The minimum Gasteiger partial charge on any atom is -0.349 e. The Morgan fingerprint density at radius 1 is 1.27 bits per heavy atom. The van der Waals surface area contributed by atoms with Crippen molar-refractivity contribution in [2.75, 3.05) is 6.54 Å². The van der Waals surface area contributed by atoms with Crippen molar-refractivity contribution in [3.8, 4) is 0 Å². The lowest BCUT2D eigenvalue weighted by atomic mass is 9.84. The number of nitrogens with one attached hydrogen (secondary N) is 1. The number of carbonyl (C=O) groups is 1. The highest BCUT2D eigenvalue weighted by atomic mass is 35.5. The van der Waals surface area contributed by atoms with Gasteiger partial charge in [0.25, 0.3) is 5.91 Å². The van der Waals surface area contributed by atoms with E-state index in [1.807, 2.05) is 0 Å². The van der Waals surface area contributed by atoms with Gasteiger partial charge in [-0.2, -0.15) is 13.2 Å². The highest BCUT2D eigenvalue weighted by Crippen LogP contribution is 2.30. The number of rotatable bonds is 3. The first-order chi connectivity index (χ1) is 9.91. The Labute approximate surface area is 133 Å². The van der Waals surface area contributed by atoms with Crippen LogP contribution in [0, 0.1) is 5.92 Å². The summed E-state index contributed by atoms with van der Waals surface area (Å²) in [6.45, 7) is 0.480. The van der Waals surface area contributed by atoms with Crippen molar-refractivity contribution in [1.82, 2.24) is 5.32 Å². The fourth-order valence-electron chi connectivity index (χ4n) is 2.77. The Morgan fingerprint density at radius 2 is 1.95 bits per heavy atom. The topological polar surface area (TPSA) is 55.1 Å². The second kappa shape index (κ2) is 7.83. The molecule has 1 aliphatic rings. The molecule has 0 heterocycles. The molecule has 2 atom stereocenters. The van der Waals surface area contributed by atoms with E-state index in [1.165, 1.54) is 12.1 Å². The first kappa shape index (κ1) is 18.8. The molecule has 2 rings (SSSR count). The number of nitrogens with two attached hydrogens (primary N) is 1. The molecular formula is C15H20ClF3N2O. The van der Waals surface area contributed by atoms with Gasteiger partial charge in [0, 0.05) is 11.6 Å². The normalized spacial score (nSPS) is 21.8. The van der Waals surface area contributed by atoms with Gasteiger partial charge in [-0.15, -0.1) is 12.4 Å². The number of amides is 1. The van der Waals surface area contributed by atoms with Crippen LogP contribution in [0.2, 0.25) is 0 Å². The maximum atomic E-state index is 12.7. The highest BCUT2D eigenvalue weighted by Gasteiger charge is 2.31. The molecular weight excluding hydrogens is 317 g/mol. The van der Waals surface area contributed by atoms with Gasteiger partial charge < -0.3 is 11.1 Å². The van der Waals surface area contributed by atoms with Gasteiger partial charge in [0.2, 0.25) is 0 Å². The predicted octanol–water partition coefficient (Wildman–Crippen LogP) is 3.37. The average Bonchev–Trinajstić information content (AvgIpc) is 2.47. The molecule has 22 heavy (non-hydrogen) atoms. The standard InChI is InChI=1S/C15H19F3N2O.ClH/c16-15(17,18)12-6-3-5-10(8-12)14(21)20-13-7-2-1-4-11(13)9-19;/h3,5-6,8,11,13H,1-2,4,7,9,19H2,(H,20,21);1H. The van der Waals surface area contributed by atoms with E-state index in [9.17, 15) is 18.0 Å². The smallest absolute Gasteiger partial charge is 0.349 e. The summed E-state index contributed by atoms with van der Waals surface area (Å²) < 4.78 is 38.0. The number of carbonyl (C=O) groups excluding carboxylic acids is 1. The molecule has 0 bridgehead atoms. The zero-order valence-corrected chi connectivity index (χ0v) is 12.8. The van der Waals surface area contributed by atoms with E-state index in [0.29, 0.717) is 6.54 Å².